The Labute approximate surface area is 190 Å². The minimum absolute atomic E-state index is 0.228. The van der Waals surface area contributed by atoms with E-state index in [9.17, 15) is 27.9 Å². The highest BCUT2D eigenvalue weighted by atomic mass is 35.5. The molecule has 1 N–H and O–H groups in total. The summed E-state index contributed by atoms with van der Waals surface area (Å²) in [7, 11) is 0. The number of hydrogen-bond donors (Lipinski definition) is 1. The molecule has 11 heteroatoms. The van der Waals surface area contributed by atoms with Gasteiger partial charge < -0.3 is 10.0 Å². The zero-order chi connectivity index (χ0) is 23.2. The van der Waals surface area contributed by atoms with Crippen molar-refractivity contribution in [3.05, 3.63) is 57.6 Å². The Bertz CT molecular complexity index is 1220. The van der Waals surface area contributed by atoms with E-state index in [1.165, 1.54) is 12.1 Å². The van der Waals surface area contributed by atoms with Crippen LogP contribution in [0.25, 0.3) is 10.9 Å². The number of hydrogen-bond acceptors (Lipinski definition) is 4. The largest absolute Gasteiger partial charge is 0.481 e. The summed E-state index contributed by atoms with van der Waals surface area (Å²) in [6.07, 6.45) is -4.06. The molecule has 0 bridgehead atoms. The maximum atomic E-state index is 13.6. The van der Waals surface area contributed by atoms with E-state index in [0.29, 0.717) is 37.1 Å². The molecule has 1 aromatic heterocycles. The third-order valence-electron chi connectivity index (χ3n) is 5.51. The number of aromatic nitrogens is 2. The summed E-state index contributed by atoms with van der Waals surface area (Å²) in [6.45, 7) is 0.699. The van der Waals surface area contributed by atoms with Gasteiger partial charge in [-0.1, -0.05) is 35.3 Å². The van der Waals surface area contributed by atoms with Gasteiger partial charge in [0, 0.05) is 13.1 Å². The summed E-state index contributed by atoms with van der Waals surface area (Å²) in [5.41, 5.74) is -1.64. The van der Waals surface area contributed by atoms with Crippen LogP contribution in [0.2, 0.25) is 10.0 Å². The fourth-order valence-corrected chi connectivity index (χ4v) is 4.42. The van der Waals surface area contributed by atoms with E-state index >= 15 is 0 Å². The second-order valence-corrected chi connectivity index (χ2v) is 8.25. The third-order valence-corrected chi connectivity index (χ3v) is 6.14. The van der Waals surface area contributed by atoms with Crippen molar-refractivity contribution >= 4 is 51.8 Å². The zero-order valence-electron chi connectivity index (χ0n) is 16.4. The first-order chi connectivity index (χ1) is 15.1. The normalized spacial score (nSPS) is 15.3. The second kappa shape index (κ2) is 8.29. The Morgan fingerprint density at radius 1 is 1.03 bits per heavy atom. The molecule has 1 fully saturated rings. The van der Waals surface area contributed by atoms with E-state index < -0.39 is 35.1 Å². The maximum absolute atomic E-state index is 13.6. The van der Waals surface area contributed by atoms with Crippen LogP contribution in [-0.4, -0.2) is 39.9 Å². The molecule has 32 heavy (non-hydrogen) atoms. The van der Waals surface area contributed by atoms with Crippen LogP contribution in [-0.2, 0) is 11.0 Å². The fourth-order valence-electron chi connectivity index (χ4n) is 3.91. The highest BCUT2D eigenvalue weighted by molar-refractivity contribution is 6.37. The van der Waals surface area contributed by atoms with Gasteiger partial charge in [0.15, 0.2) is 5.82 Å². The van der Waals surface area contributed by atoms with Crippen molar-refractivity contribution in [1.82, 2.24) is 9.78 Å². The molecule has 3 aromatic rings. The minimum atomic E-state index is -4.79. The van der Waals surface area contributed by atoms with Gasteiger partial charge in [-0.2, -0.15) is 17.9 Å². The van der Waals surface area contributed by atoms with Gasteiger partial charge in [0.25, 0.3) is 5.91 Å². The predicted octanol–water partition coefficient (Wildman–Crippen LogP) is 5.35. The van der Waals surface area contributed by atoms with Gasteiger partial charge in [-0.25, -0.2) is 0 Å². The Morgan fingerprint density at radius 2 is 1.66 bits per heavy atom. The van der Waals surface area contributed by atoms with Gasteiger partial charge >= 0.3 is 12.1 Å². The van der Waals surface area contributed by atoms with E-state index in [2.05, 4.69) is 5.10 Å². The lowest BCUT2D eigenvalue weighted by molar-refractivity contribution is -0.142. The number of anilines is 1. The number of aliphatic carboxylic acids is 1. The van der Waals surface area contributed by atoms with Gasteiger partial charge in [-0.05, 0) is 37.1 Å². The van der Waals surface area contributed by atoms with Crippen LogP contribution >= 0.6 is 23.2 Å². The number of alkyl halides is 3. The molecule has 0 saturated carbocycles. The molecule has 0 spiro atoms. The van der Waals surface area contributed by atoms with E-state index in [4.69, 9.17) is 23.2 Å². The van der Waals surface area contributed by atoms with Crippen molar-refractivity contribution in [2.75, 3.05) is 18.0 Å². The number of carbonyl (C=O) groups excluding carboxylic acids is 1. The SMILES string of the molecule is O=C(O)C1CCN(c2nn(C(=O)c3c(Cl)cccc3C(F)(F)F)c3cccc(Cl)c23)CC1. The zero-order valence-corrected chi connectivity index (χ0v) is 17.9. The van der Waals surface area contributed by atoms with Crippen LogP contribution in [0, 0.1) is 5.92 Å². The molecule has 168 valence electrons. The molecule has 0 amide bonds. The molecule has 2 heterocycles. The molecule has 4 rings (SSSR count). The molecular formula is C21H16Cl2F3N3O3. The third kappa shape index (κ3) is 3.91. The number of fused-ring (bicyclic) bond motifs is 1. The summed E-state index contributed by atoms with van der Waals surface area (Å²) in [5, 5.41) is 13.9. The second-order valence-electron chi connectivity index (χ2n) is 7.43. The Balaban J connectivity index is 1.84. The molecule has 6 nitrogen and oxygen atoms in total. The minimum Gasteiger partial charge on any atom is -0.481 e. The van der Waals surface area contributed by atoms with Crippen molar-refractivity contribution in [3.8, 4) is 0 Å². The first kappa shape index (κ1) is 22.4. The van der Waals surface area contributed by atoms with Crippen molar-refractivity contribution in [1.29, 1.82) is 0 Å². The van der Waals surface area contributed by atoms with Crippen LogP contribution in [0.1, 0.15) is 28.8 Å². The van der Waals surface area contributed by atoms with Crippen LogP contribution in [0.4, 0.5) is 19.0 Å². The number of halogens is 5. The number of carbonyl (C=O) groups is 2. The molecule has 0 aliphatic carbocycles. The van der Waals surface area contributed by atoms with E-state index in [1.54, 1.807) is 17.0 Å². The number of nitrogens with zero attached hydrogens (tertiary/aromatic N) is 3. The van der Waals surface area contributed by atoms with Crippen LogP contribution in [0.15, 0.2) is 36.4 Å². The Morgan fingerprint density at radius 3 is 2.28 bits per heavy atom. The summed E-state index contributed by atoms with van der Waals surface area (Å²) >= 11 is 12.4. The lowest BCUT2D eigenvalue weighted by Crippen LogP contribution is -2.36. The number of carboxylic acids is 1. The average molecular weight is 486 g/mol. The number of benzene rings is 2. The summed E-state index contributed by atoms with van der Waals surface area (Å²) in [4.78, 5) is 26.3. The smallest absolute Gasteiger partial charge is 0.417 e. The van der Waals surface area contributed by atoms with Crippen LogP contribution in [0.3, 0.4) is 0 Å². The van der Waals surface area contributed by atoms with Gasteiger partial charge in [-0.3, -0.25) is 9.59 Å². The first-order valence-corrected chi connectivity index (χ1v) is 10.4. The highest BCUT2D eigenvalue weighted by Gasteiger charge is 2.38. The average Bonchev–Trinajstić information content (AvgIpc) is 3.13. The Kier molecular flexibility index (Phi) is 5.81. The van der Waals surface area contributed by atoms with Gasteiger partial charge in [-0.15, -0.1) is 5.10 Å². The standard InChI is InChI=1S/C21H16Cl2F3N3O3/c22-13-4-1-3-12(21(24,25)26)16(13)19(30)29-15-6-2-5-14(23)17(15)18(27-29)28-9-7-11(8-10-28)20(31)32/h1-6,11H,7-10H2,(H,31,32). The molecule has 1 aliphatic rings. The Hall–Kier alpha value is -2.78. The number of piperidine rings is 1. The van der Waals surface area contributed by atoms with Gasteiger partial charge in [0.1, 0.15) is 0 Å². The summed E-state index contributed by atoms with van der Waals surface area (Å²) < 4.78 is 41.6. The van der Waals surface area contributed by atoms with Crippen molar-refractivity contribution in [2.24, 2.45) is 5.92 Å². The first-order valence-electron chi connectivity index (χ1n) is 9.65. The lowest BCUT2D eigenvalue weighted by atomic mass is 9.97. The van der Waals surface area contributed by atoms with E-state index in [1.807, 2.05) is 0 Å². The van der Waals surface area contributed by atoms with Crippen molar-refractivity contribution in [3.63, 3.8) is 0 Å². The number of rotatable bonds is 3. The molecule has 2 aromatic carbocycles. The topological polar surface area (TPSA) is 75.4 Å². The molecule has 1 saturated heterocycles. The number of carboxylic acid groups (broad SMARTS) is 1. The highest BCUT2D eigenvalue weighted by Crippen LogP contribution is 2.38. The predicted molar refractivity (Wildman–Crippen MR) is 113 cm³/mol. The van der Waals surface area contributed by atoms with Crippen LogP contribution < -0.4 is 4.90 Å². The van der Waals surface area contributed by atoms with Crippen molar-refractivity contribution in [2.45, 2.75) is 19.0 Å². The lowest BCUT2D eigenvalue weighted by Gasteiger charge is -2.30. The molecule has 0 unspecified atom stereocenters. The van der Waals surface area contributed by atoms with E-state index in [0.717, 1.165) is 16.8 Å². The molecule has 0 atom stereocenters. The molecule has 0 radical (unpaired) electrons. The van der Waals surface area contributed by atoms with Crippen LogP contribution in [0.5, 0.6) is 0 Å². The van der Waals surface area contributed by atoms with E-state index in [-0.39, 0.29) is 15.6 Å². The van der Waals surface area contributed by atoms with Crippen molar-refractivity contribution < 1.29 is 27.9 Å². The molecule has 1 aliphatic heterocycles. The quantitative estimate of drug-likeness (QED) is 0.540. The molecular weight excluding hydrogens is 470 g/mol. The summed E-state index contributed by atoms with van der Waals surface area (Å²) in [5.74, 6) is -2.11. The maximum Gasteiger partial charge on any atom is 0.417 e. The summed E-state index contributed by atoms with van der Waals surface area (Å²) in [6, 6.07) is 7.80. The monoisotopic (exact) mass is 485 g/mol. The van der Waals surface area contributed by atoms with Gasteiger partial charge in [0.2, 0.25) is 0 Å². The fraction of sp³-hybridized carbons (Fsp3) is 0.286. The van der Waals surface area contributed by atoms with Gasteiger partial charge in [0.05, 0.1) is 38.0 Å².